The summed E-state index contributed by atoms with van der Waals surface area (Å²) in [6.45, 7) is 0. The van der Waals surface area contributed by atoms with Gasteiger partial charge in [-0.15, -0.1) is 0 Å². The number of aromatic nitrogens is 2. The molecule has 0 amide bonds. The zero-order chi connectivity index (χ0) is 15.0. The van der Waals surface area contributed by atoms with E-state index in [1.54, 1.807) is 31.3 Å². The first-order valence-corrected chi connectivity index (χ1v) is 6.70. The topological polar surface area (TPSA) is 52.0 Å². The molecule has 0 radical (unpaired) electrons. The fourth-order valence-electron chi connectivity index (χ4n) is 2.28. The van der Waals surface area contributed by atoms with Crippen molar-refractivity contribution in [3.8, 4) is 11.1 Å². The van der Waals surface area contributed by atoms with Crippen LogP contribution in [0.1, 0.15) is 10.5 Å². The number of carbonyl (C=O) groups is 1. The molecule has 3 aromatic rings. The molecule has 5 heteroatoms. The highest BCUT2D eigenvalue weighted by Gasteiger charge is 2.11. The van der Waals surface area contributed by atoms with Gasteiger partial charge in [0.05, 0.1) is 11.0 Å². The highest BCUT2D eigenvalue weighted by molar-refractivity contribution is 6.30. The quantitative estimate of drug-likeness (QED) is 0.683. The molecular weight excluding hydrogens is 288 g/mol. The van der Waals surface area contributed by atoms with Gasteiger partial charge in [0, 0.05) is 23.7 Å². The van der Waals surface area contributed by atoms with E-state index in [1.165, 1.54) is 10.6 Å². The number of hydrogen-bond acceptors (Lipinski definition) is 3. The van der Waals surface area contributed by atoms with Crippen molar-refractivity contribution in [2.24, 2.45) is 7.05 Å². The molecule has 104 valence electrons. The summed E-state index contributed by atoms with van der Waals surface area (Å²) in [5.74, 6) is 0. The van der Waals surface area contributed by atoms with Gasteiger partial charge in [-0.1, -0.05) is 23.7 Å². The molecule has 0 N–H and O–H groups in total. The maximum absolute atomic E-state index is 12.1. The van der Waals surface area contributed by atoms with E-state index in [4.69, 9.17) is 11.6 Å². The Bertz CT molecular complexity index is 916. The van der Waals surface area contributed by atoms with Gasteiger partial charge in [0.2, 0.25) is 0 Å². The lowest BCUT2D eigenvalue weighted by molar-refractivity contribution is 0.111. The number of rotatable bonds is 2. The zero-order valence-electron chi connectivity index (χ0n) is 11.2. The minimum Gasteiger partial charge on any atom is -0.310 e. The minimum atomic E-state index is -0.141. The number of pyridine rings is 2. The molecule has 0 aliphatic carbocycles. The highest BCUT2D eigenvalue weighted by Crippen LogP contribution is 2.27. The van der Waals surface area contributed by atoms with Crippen LogP contribution in [0.25, 0.3) is 22.2 Å². The average molecular weight is 299 g/mol. The molecule has 0 bridgehead atoms. The van der Waals surface area contributed by atoms with Crippen LogP contribution >= 0.6 is 11.6 Å². The summed E-state index contributed by atoms with van der Waals surface area (Å²) in [5.41, 5.74) is 2.91. The largest absolute Gasteiger partial charge is 0.310 e. The van der Waals surface area contributed by atoms with E-state index in [-0.39, 0.29) is 5.56 Å². The summed E-state index contributed by atoms with van der Waals surface area (Å²) < 4.78 is 1.50. The van der Waals surface area contributed by atoms with Crippen LogP contribution in [0.15, 0.2) is 47.3 Å². The molecule has 0 unspecified atom stereocenters. The van der Waals surface area contributed by atoms with Crippen molar-refractivity contribution in [3.05, 3.63) is 63.5 Å². The van der Waals surface area contributed by atoms with Gasteiger partial charge < -0.3 is 4.57 Å². The summed E-state index contributed by atoms with van der Waals surface area (Å²) in [4.78, 5) is 27.4. The Labute approximate surface area is 125 Å². The van der Waals surface area contributed by atoms with Gasteiger partial charge in [-0.05, 0) is 29.8 Å². The normalized spacial score (nSPS) is 10.8. The maximum atomic E-state index is 12.1. The molecule has 0 aliphatic rings. The van der Waals surface area contributed by atoms with E-state index in [0.717, 1.165) is 5.56 Å². The van der Waals surface area contributed by atoms with Gasteiger partial charge in [-0.3, -0.25) is 9.59 Å². The second-order valence-corrected chi connectivity index (χ2v) is 5.12. The van der Waals surface area contributed by atoms with Crippen LogP contribution in [0.3, 0.4) is 0 Å². The van der Waals surface area contributed by atoms with E-state index in [0.29, 0.717) is 33.6 Å². The first-order valence-electron chi connectivity index (χ1n) is 6.32. The van der Waals surface area contributed by atoms with Crippen LogP contribution in [0.2, 0.25) is 5.02 Å². The lowest BCUT2D eigenvalue weighted by atomic mass is 10.0. The van der Waals surface area contributed by atoms with Crippen molar-refractivity contribution in [2.45, 2.75) is 0 Å². The van der Waals surface area contributed by atoms with Crippen LogP contribution in [0, 0.1) is 0 Å². The summed E-state index contributed by atoms with van der Waals surface area (Å²) in [7, 11) is 1.68. The van der Waals surface area contributed by atoms with Crippen molar-refractivity contribution < 1.29 is 4.79 Å². The van der Waals surface area contributed by atoms with E-state index < -0.39 is 0 Å². The van der Waals surface area contributed by atoms with Crippen LogP contribution in [-0.4, -0.2) is 15.8 Å². The number of hydrogen-bond donors (Lipinski definition) is 0. The monoisotopic (exact) mass is 298 g/mol. The highest BCUT2D eigenvalue weighted by atomic mass is 35.5. The molecule has 3 rings (SSSR count). The first-order chi connectivity index (χ1) is 10.1. The SMILES string of the molecule is Cn1c(=O)cc(-c2cccc(Cl)c2)c2nc(C=O)ccc21. The van der Waals surface area contributed by atoms with Crippen LogP contribution < -0.4 is 5.56 Å². The van der Waals surface area contributed by atoms with E-state index in [1.807, 2.05) is 12.1 Å². The summed E-state index contributed by atoms with van der Waals surface area (Å²) >= 11 is 6.02. The minimum absolute atomic E-state index is 0.141. The molecular formula is C16H11ClN2O2. The van der Waals surface area contributed by atoms with E-state index in [9.17, 15) is 9.59 Å². The number of nitrogens with zero attached hydrogens (tertiary/aromatic N) is 2. The molecule has 0 fully saturated rings. The predicted octanol–water partition coefficient (Wildman–Crippen LogP) is 3.07. The standard InChI is InChI=1S/C16H11ClN2O2/c1-19-14-6-5-12(9-20)18-16(14)13(8-15(19)21)10-3-2-4-11(17)7-10/h2-9H,1H3. The van der Waals surface area contributed by atoms with E-state index >= 15 is 0 Å². The molecule has 2 aromatic heterocycles. The van der Waals surface area contributed by atoms with Crippen LogP contribution in [-0.2, 0) is 7.05 Å². The molecule has 2 heterocycles. The first kappa shape index (κ1) is 13.5. The summed E-state index contributed by atoms with van der Waals surface area (Å²) in [6.07, 6.45) is 0.687. The predicted molar refractivity (Wildman–Crippen MR) is 82.8 cm³/mol. The summed E-state index contributed by atoms with van der Waals surface area (Å²) in [6, 6.07) is 12.0. The third-order valence-electron chi connectivity index (χ3n) is 3.37. The third kappa shape index (κ3) is 2.34. The fraction of sp³-hybridized carbons (Fsp3) is 0.0625. The Balaban J connectivity index is 2.43. The van der Waals surface area contributed by atoms with Crippen LogP contribution in [0.4, 0.5) is 0 Å². The second kappa shape index (κ2) is 5.14. The molecule has 0 aliphatic heterocycles. The Hall–Kier alpha value is -2.46. The van der Waals surface area contributed by atoms with Crippen molar-refractivity contribution in [3.63, 3.8) is 0 Å². The van der Waals surface area contributed by atoms with Crippen molar-refractivity contribution >= 4 is 28.9 Å². The maximum Gasteiger partial charge on any atom is 0.251 e. The Morgan fingerprint density at radius 2 is 2.00 bits per heavy atom. The Morgan fingerprint density at radius 1 is 1.19 bits per heavy atom. The van der Waals surface area contributed by atoms with Gasteiger partial charge in [-0.25, -0.2) is 4.98 Å². The van der Waals surface area contributed by atoms with Crippen molar-refractivity contribution in [1.82, 2.24) is 9.55 Å². The number of aldehydes is 1. The fourth-order valence-corrected chi connectivity index (χ4v) is 2.48. The molecule has 0 spiro atoms. The lowest BCUT2D eigenvalue weighted by Gasteiger charge is -2.10. The number of fused-ring (bicyclic) bond motifs is 1. The molecule has 4 nitrogen and oxygen atoms in total. The zero-order valence-corrected chi connectivity index (χ0v) is 12.0. The van der Waals surface area contributed by atoms with Crippen LogP contribution in [0.5, 0.6) is 0 Å². The second-order valence-electron chi connectivity index (χ2n) is 4.69. The van der Waals surface area contributed by atoms with Gasteiger partial charge >= 0.3 is 0 Å². The molecule has 0 saturated carbocycles. The van der Waals surface area contributed by atoms with Gasteiger partial charge in [-0.2, -0.15) is 0 Å². The molecule has 0 saturated heterocycles. The lowest BCUT2D eigenvalue weighted by Crippen LogP contribution is -2.17. The molecule has 21 heavy (non-hydrogen) atoms. The average Bonchev–Trinajstić information content (AvgIpc) is 2.50. The number of benzene rings is 1. The van der Waals surface area contributed by atoms with Gasteiger partial charge in [0.25, 0.3) is 5.56 Å². The number of carbonyl (C=O) groups excluding carboxylic acids is 1. The van der Waals surface area contributed by atoms with Crippen molar-refractivity contribution in [1.29, 1.82) is 0 Å². The number of halogens is 1. The summed E-state index contributed by atoms with van der Waals surface area (Å²) in [5, 5.41) is 0.577. The molecule has 0 atom stereocenters. The third-order valence-corrected chi connectivity index (χ3v) is 3.60. The van der Waals surface area contributed by atoms with Gasteiger partial charge in [0.15, 0.2) is 6.29 Å². The number of aryl methyl sites for hydroxylation is 1. The molecule has 1 aromatic carbocycles. The van der Waals surface area contributed by atoms with E-state index in [2.05, 4.69) is 4.98 Å². The van der Waals surface area contributed by atoms with Crippen molar-refractivity contribution in [2.75, 3.05) is 0 Å². The van der Waals surface area contributed by atoms with Gasteiger partial charge in [0.1, 0.15) is 5.69 Å². The smallest absolute Gasteiger partial charge is 0.251 e. The Kier molecular flexibility index (Phi) is 3.31. The Morgan fingerprint density at radius 3 is 2.71 bits per heavy atom.